The average molecular weight is 285 g/mol. The SMILES string of the molecule is O=Cc1ccc(O[C@H]2CCNC2)c(-c2ccc(F)cc2)c1. The molecule has 0 radical (unpaired) electrons. The smallest absolute Gasteiger partial charge is 0.150 e. The molecule has 1 heterocycles. The molecule has 0 aromatic heterocycles. The first kappa shape index (κ1) is 13.8. The summed E-state index contributed by atoms with van der Waals surface area (Å²) < 4.78 is 19.1. The van der Waals surface area contributed by atoms with E-state index in [1.807, 2.05) is 0 Å². The van der Waals surface area contributed by atoms with Gasteiger partial charge in [0.05, 0.1) is 0 Å². The van der Waals surface area contributed by atoms with Crippen LogP contribution in [0.15, 0.2) is 42.5 Å². The second-order valence-electron chi connectivity index (χ2n) is 5.11. The van der Waals surface area contributed by atoms with Crippen LogP contribution >= 0.6 is 0 Å². The highest BCUT2D eigenvalue weighted by molar-refractivity contribution is 5.81. The maximum absolute atomic E-state index is 13.1. The molecule has 1 N–H and O–H groups in total. The van der Waals surface area contributed by atoms with Crippen LogP contribution in [0.1, 0.15) is 16.8 Å². The number of aldehydes is 1. The van der Waals surface area contributed by atoms with Crippen LogP contribution in [0.2, 0.25) is 0 Å². The molecule has 1 fully saturated rings. The Kier molecular flexibility index (Phi) is 3.97. The summed E-state index contributed by atoms with van der Waals surface area (Å²) in [4.78, 5) is 11.0. The average Bonchev–Trinajstić information content (AvgIpc) is 3.02. The molecule has 21 heavy (non-hydrogen) atoms. The van der Waals surface area contributed by atoms with Gasteiger partial charge in [0.15, 0.2) is 0 Å². The number of halogens is 1. The molecule has 0 bridgehead atoms. The molecule has 4 heteroatoms. The van der Waals surface area contributed by atoms with E-state index >= 15 is 0 Å². The topological polar surface area (TPSA) is 38.3 Å². The molecule has 1 saturated heterocycles. The number of hydrogen-bond donors (Lipinski definition) is 1. The Balaban J connectivity index is 1.98. The van der Waals surface area contributed by atoms with Crippen molar-refractivity contribution in [3.05, 3.63) is 53.8 Å². The lowest BCUT2D eigenvalue weighted by molar-refractivity contribution is 0.112. The van der Waals surface area contributed by atoms with E-state index in [-0.39, 0.29) is 11.9 Å². The first-order chi connectivity index (χ1) is 10.3. The Morgan fingerprint density at radius 3 is 2.67 bits per heavy atom. The van der Waals surface area contributed by atoms with Crippen LogP contribution in [0.3, 0.4) is 0 Å². The standard InChI is InChI=1S/C17H16FNO2/c18-14-4-2-13(3-5-14)16-9-12(11-20)1-6-17(16)21-15-7-8-19-10-15/h1-6,9,11,15,19H,7-8,10H2/t15-/m0/s1. The van der Waals surface area contributed by atoms with Gasteiger partial charge in [-0.25, -0.2) is 4.39 Å². The number of hydrogen-bond acceptors (Lipinski definition) is 3. The highest BCUT2D eigenvalue weighted by atomic mass is 19.1. The summed E-state index contributed by atoms with van der Waals surface area (Å²) in [5.41, 5.74) is 2.22. The van der Waals surface area contributed by atoms with Gasteiger partial charge in [0.25, 0.3) is 0 Å². The van der Waals surface area contributed by atoms with Crippen LogP contribution in [0.5, 0.6) is 5.75 Å². The number of benzene rings is 2. The van der Waals surface area contributed by atoms with Gasteiger partial charge in [0, 0.05) is 17.7 Å². The maximum Gasteiger partial charge on any atom is 0.150 e. The Morgan fingerprint density at radius 2 is 2.00 bits per heavy atom. The zero-order valence-electron chi connectivity index (χ0n) is 11.5. The normalized spacial score (nSPS) is 17.7. The third-order valence-electron chi connectivity index (χ3n) is 3.60. The van der Waals surface area contributed by atoms with Crippen molar-refractivity contribution in [2.75, 3.05) is 13.1 Å². The van der Waals surface area contributed by atoms with Crippen molar-refractivity contribution in [2.24, 2.45) is 0 Å². The first-order valence-corrected chi connectivity index (χ1v) is 6.99. The number of nitrogens with one attached hydrogen (secondary N) is 1. The molecule has 0 amide bonds. The number of carbonyl (C=O) groups is 1. The fraction of sp³-hybridized carbons (Fsp3) is 0.235. The van der Waals surface area contributed by atoms with E-state index in [4.69, 9.17) is 4.74 Å². The van der Waals surface area contributed by atoms with Gasteiger partial charge >= 0.3 is 0 Å². The fourth-order valence-corrected chi connectivity index (χ4v) is 2.49. The van der Waals surface area contributed by atoms with Crippen molar-refractivity contribution in [2.45, 2.75) is 12.5 Å². The highest BCUT2D eigenvalue weighted by Crippen LogP contribution is 2.32. The van der Waals surface area contributed by atoms with Gasteiger partial charge in [-0.2, -0.15) is 0 Å². The van der Waals surface area contributed by atoms with Crippen LogP contribution in [0, 0.1) is 5.82 Å². The third kappa shape index (κ3) is 3.11. The summed E-state index contributed by atoms with van der Waals surface area (Å²) >= 11 is 0. The van der Waals surface area contributed by atoms with Crippen LogP contribution in [0.25, 0.3) is 11.1 Å². The molecule has 1 aliphatic rings. The van der Waals surface area contributed by atoms with E-state index in [1.54, 1.807) is 30.3 Å². The maximum atomic E-state index is 13.1. The van der Waals surface area contributed by atoms with Crippen LogP contribution in [-0.4, -0.2) is 25.5 Å². The Labute approximate surface area is 122 Å². The summed E-state index contributed by atoms with van der Waals surface area (Å²) in [5, 5.41) is 3.25. The predicted octanol–water partition coefficient (Wildman–Crippen LogP) is 3.05. The third-order valence-corrected chi connectivity index (χ3v) is 3.60. The lowest BCUT2D eigenvalue weighted by Crippen LogP contribution is -2.19. The van der Waals surface area contributed by atoms with Crippen molar-refractivity contribution in [3.63, 3.8) is 0 Å². The first-order valence-electron chi connectivity index (χ1n) is 6.99. The van der Waals surface area contributed by atoms with E-state index in [9.17, 15) is 9.18 Å². The minimum absolute atomic E-state index is 0.131. The summed E-state index contributed by atoms with van der Waals surface area (Å²) in [6.45, 7) is 1.77. The van der Waals surface area contributed by atoms with Crippen LogP contribution < -0.4 is 10.1 Å². The van der Waals surface area contributed by atoms with E-state index in [0.717, 1.165) is 42.7 Å². The number of carbonyl (C=O) groups excluding carboxylic acids is 1. The van der Waals surface area contributed by atoms with Crippen molar-refractivity contribution in [3.8, 4) is 16.9 Å². The van der Waals surface area contributed by atoms with Crippen LogP contribution in [-0.2, 0) is 0 Å². The molecular formula is C17H16FNO2. The Hall–Kier alpha value is -2.20. The molecule has 2 aromatic carbocycles. The molecule has 0 spiro atoms. The van der Waals surface area contributed by atoms with Gasteiger partial charge < -0.3 is 10.1 Å². The second-order valence-corrected chi connectivity index (χ2v) is 5.11. The number of rotatable bonds is 4. The van der Waals surface area contributed by atoms with E-state index < -0.39 is 0 Å². The van der Waals surface area contributed by atoms with Gasteiger partial charge in [0.1, 0.15) is 24.0 Å². The van der Waals surface area contributed by atoms with Crippen molar-refractivity contribution >= 4 is 6.29 Å². The lowest BCUT2D eigenvalue weighted by Gasteiger charge is -2.16. The molecule has 2 aromatic rings. The summed E-state index contributed by atoms with van der Waals surface area (Å²) in [7, 11) is 0. The minimum Gasteiger partial charge on any atom is -0.488 e. The van der Waals surface area contributed by atoms with Gasteiger partial charge in [-0.1, -0.05) is 12.1 Å². The molecule has 1 atom stereocenters. The lowest BCUT2D eigenvalue weighted by atomic mass is 10.0. The predicted molar refractivity (Wildman–Crippen MR) is 79.1 cm³/mol. The summed E-state index contributed by atoms with van der Waals surface area (Å²) in [6, 6.07) is 11.5. The Morgan fingerprint density at radius 1 is 1.19 bits per heavy atom. The second kappa shape index (κ2) is 6.06. The molecule has 108 valence electrons. The fourth-order valence-electron chi connectivity index (χ4n) is 2.49. The summed E-state index contributed by atoms with van der Waals surface area (Å²) in [5.74, 6) is 0.439. The molecule has 1 aliphatic heterocycles. The molecule has 3 nitrogen and oxygen atoms in total. The molecule has 0 saturated carbocycles. The van der Waals surface area contributed by atoms with E-state index in [2.05, 4.69) is 5.32 Å². The molecule has 0 aliphatic carbocycles. The molecule has 3 rings (SSSR count). The largest absolute Gasteiger partial charge is 0.488 e. The zero-order chi connectivity index (χ0) is 14.7. The monoisotopic (exact) mass is 285 g/mol. The van der Waals surface area contributed by atoms with Crippen molar-refractivity contribution in [1.29, 1.82) is 0 Å². The van der Waals surface area contributed by atoms with Gasteiger partial charge in [-0.15, -0.1) is 0 Å². The van der Waals surface area contributed by atoms with Gasteiger partial charge in [0.2, 0.25) is 0 Å². The summed E-state index contributed by atoms with van der Waals surface area (Å²) in [6.07, 6.45) is 1.89. The van der Waals surface area contributed by atoms with Crippen molar-refractivity contribution < 1.29 is 13.9 Å². The van der Waals surface area contributed by atoms with E-state index in [1.165, 1.54) is 12.1 Å². The highest BCUT2D eigenvalue weighted by Gasteiger charge is 2.18. The zero-order valence-corrected chi connectivity index (χ0v) is 11.5. The minimum atomic E-state index is -0.284. The van der Waals surface area contributed by atoms with Crippen molar-refractivity contribution in [1.82, 2.24) is 5.32 Å². The van der Waals surface area contributed by atoms with Gasteiger partial charge in [-0.3, -0.25) is 4.79 Å². The quantitative estimate of drug-likeness (QED) is 0.877. The molecular weight excluding hydrogens is 269 g/mol. The molecule has 0 unspecified atom stereocenters. The van der Waals surface area contributed by atoms with E-state index in [0.29, 0.717) is 5.56 Å². The van der Waals surface area contributed by atoms with Crippen LogP contribution in [0.4, 0.5) is 4.39 Å². The van der Waals surface area contributed by atoms with Gasteiger partial charge in [-0.05, 0) is 48.9 Å². The number of ether oxygens (including phenoxy) is 1. The Bertz CT molecular complexity index is 634.